The number of fused-ring (bicyclic) bond motifs is 1. The Kier molecular flexibility index (Phi) is 6.08. The van der Waals surface area contributed by atoms with Crippen LogP contribution in [0.15, 0.2) is 55.0 Å². The number of nitrogens with zero attached hydrogens (tertiary/aromatic N) is 5. The van der Waals surface area contributed by atoms with Crippen molar-refractivity contribution in [1.29, 1.82) is 0 Å². The minimum Gasteiger partial charge on any atom is -0.345 e. The van der Waals surface area contributed by atoms with Crippen molar-refractivity contribution in [3.63, 3.8) is 0 Å². The molecule has 36 heavy (non-hydrogen) atoms. The van der Waals surface area contributed by atoms with Gasteiger partial charge in [-0.2, -0.15) is 0 Å². The van der Waals surface area contributed by atoms with E-state index in [1.54, 1.807) is 25.2 Å². The van der Waals surface area contributed by atoms with Gasteiger partial charge in [-0.1, -0.05) is 26.0 Å². The molecule has 1 saturated heterocycles. The molecular weight excluding hydrogens is 450 g/mol. The molecule has 4 heterocycles. The van der Waals surface area contributed by atoms with E-state index in [-0.39, 0.29) is 17.7 Å². The van der Waals surface area contributed by atoms with Crippen LogP contribution in [0.5, 0.6) is 0 Å². The fourth-order valence-corrected chi connectivity index (χ4v) is 5.17. The maximum atomic E-state index is 12.7. The highest BCUT2D eigenvalue weighted by atomic mass is 16.2. The molecule has 0 radical (unpaired) electrons. The smallest absolute Gasteiger partial charge is 0.254 e. The van der Waals surface area contributed by atoms with Crippen molar-refractivity contribution >= 4 is 28.5 Å². The number of benzene rings is 1. The van der Waals surface area contributed by atoms with E-state index >= 15 is 0 Å². The Morgan fingerprint density at radius 3 is 2.36 bits per heavy atom. The first-order chi connectivity index (χ1) is 17.3. The second-order valence-electron chi connectivity index (χ2n) is 9.93. The monoisotopic (exact) mass is 481 g/mol. The molecule has 2 amide bonds. The van der Waals surface area contributed by atoms with Gasteiger partial charge in [-0.25, -0.2) is 4.98 Å². The number of hydrogen-bond donors (Lipinski definition) is 0. The molecule has 7 heteroatoms. The van der Waals surface area contributed by atoms with Crippen molar-refractivity contribution in [3.8, 4) is 22.3 Å². The maximum absolute atomic E-state index is 12.7. The topological polar surface area (TPSA) is 71.3 Å². The van der Waals surface area contributed by atoms with Crippen LogP contribution in [0.2, 0.25) is 0 Å². The number of rotatable bonds is 5. The molecule has 0 spiro atoms. The van der Waals surface area contributed by atoms with E-state index in [0.29, 0.717) is 12.0 Å². The summed E-state index contributed by atoms with van der Waals surface area (Å²) in [5, 5.41) is 0.941. The van der Waals surface area contributed by atoms with Crippen LogP contribution < -0.4 is 4.90 Å². The Morgan fingerprint density at radius 1 is 1.00 bits per heavy atom. The SMILES string of the molecule is CC(C)c1c(-c2cncc(-c3ccc(N4CCCC4=O)cc3)c2)c2cc(C(=O)N(C)C)cnc2n1C. The molecule has 0 bridgehead atoms. The predicted molar refractivity (Wildman–Crippen MR) is 143 cm³/mol. The van der Waals surface area contributed by atoms with Crippen LogP contribution in [0.25, 0.3) is 33.3 Å². The lowest BCUT2D eigenvalue weighted by atomic mass is 9.96. The Hall–Kier alpha value is -4.00. The van der Waals surface area contributed by atoms with E-state index in [1.807, 2.05) is 54.7 Å². The van der Waals surface area contributed by atoms with E-state index in [4.69, 9.17) is 0 Å². The summed E-state index contributed by atoms with van der Waals surface area (Å²) < 4.78 is 2.12. The number of aromatic nitrogens is 3. The van der Waals surface area contributed by atoms with Crippen molar-refractivity contribution in [1.82, 2.24) is 19.4 Å². The third kappa shape index (κ3) is 4.04. The number of hydrogen-bond acceptors (Lipinski definition) is 4. The number of anilines is 1. The van der Waals surface area contributed by atoms with Crippen LogP contribution >= 0.6 is 0 Å². The fourth-order valence-electron chi connectivity index (χ4n) is 5.17. The first-order valence-corrected chi connectivity index (χ1v) is 12.3. The van der Waals surface area contributed by atoms with Gasteiger partial charge in [0.1, 0.15) is 5.65 Å². The van der Waals surface area contributed by atoms with Crippen LogP contribution in [0.1, 0.15) is 48.7 Å². The molecule has 0 saturated carbocycles. The molecule has 0 N–H and O–H groups in total. The highest BCUT2D eigenvalue weighted by Crippen LogP contribution is 2.39. The molecule has 0 unspecified atom stereocenters. The van der Waals surface area contributed by atoms with Crippen LogP contribution in [-0.4, -0.2) is 51.9 Å². The Morgan fingerprint density at radius 2 is 1.72 bits per heavy atom. The number of carbonyl (C=O) groups excluding carboxylic acids is 2. The predicted octanol–water partition coefficient (Wildman–Crippen LogP) is 5.25. The van der Waals surface area contributed by atoms with Crippen LogP contribution in [0.3, 0.4) is 0 Å². The van der Waals surface area contributed by atoms with Crippen LogP contribution in [-0.2, 0) is 11.8 Å². The van der Waals surface area contributed by atoms with E-state index < -0.39 is 0 Å². The van der Waals surface area contributed by atoms with E-state index in [1.165, 1.54) is 0 Å². The average molecular weight is 482 g/mol. The number of amides is 2. The highest BCUT2D eigenvalue weighted by Gasteiger charge is 2.23. The molecule has 1 aliphatic heterocycles. The lowest BCUT2D eigenvalue weighted by Crippen LogP contribution is -2.23. The fraction of sp³-hybridized carbons (Fsp3) is 0.310. The van der Waals surface area contributed by atoms with Crippen molar-refractivity contribution in [2.24, 2.45) is 7.05 Å². The summed E-state index contributed by atoms with van der Waals surface area (Å²) in [4.78, 5) is 37.5. The minimum absolute atomic E-state index is 0.0752. The summed E-state index contributed by atoms with van der Waals surface area (Å²) in [6, 6.07) is 12.2. The van der Waals surface area contributed by atoms with Crippen molar-refractivity contribution in [2.75, 3.05) is 25.5 Å². The van der Waals surface area contributed by atoms with Gasteiger partial charge in [-0.05, 0) is 42.2 Å². The summed E-state index contributed by atoms with van der Waals surface area (Å²) in [6.45, 7) is 5.11. The largest absolute Gasteiger partial charge is 0.345 e. The van der Waals surface area contributed by atoms with E-state index in [0.717, 1.165) is 57.6 Å². The van der Waals surface area contributed by atoms with Gasteiger partial charge in [0.15, 0.2) is 0 Å². The van der Waals surface area contributed by atoms with Gasteiger partial charge in [-0.3, -0.25) is 14.6 Å². The summed E-state index contributed by atoms with van der Waals surface area (Å²) in [5.74, 6) is 0.353. The third-order valence-corrected chi connectivity index (χ3v) is 6.88. The van der Waals surface area contributed by atoms with Gasteiger partial charge in [0.25, 0.3) is 5.91 Å². The van der Waals surface area contributed by atoms with E-state index in [9.17, 15) is 9.59 Å². The Balaban J connectivity index is 1.61. The molecule has 3 aromatic heterocycles. The van der Waals surface area contributed by atoms with Crippen LogP contribution in [0, 0.1) is 0 Å². The Bertz CT molecular complexity index is 1470. The molecule has 5 rings (SSSR count). The van der Waals surface area contributed by atoms with Gasteiger partial charge < -0.3 is 14.4 Å². The molecular formula is C29H31N5O2. The zero-order valence-corrected chi connectivity index (χ0v) is 21.4. The summed E-state index contributed by atoms with van der Waals surface area (Å²) >= 11 is 0. The van der Waals surface area contributed by atoms with Gasteiger partial charge in [0.05, 0.1) is 5.56 Å². The first-order valence-electron chi connectivity index (χ1n) is 12.3. The van der Waals surface area contributed by atoms with Gasteiger partial charge in [0.2, 0.25) is 5.91 Å². The van der Waals surface area contributed by atoms with Crippen LogP contribution in [0.4, 0.5) is 5.69 Å². The lowest BCUT2D eigenvalue weighted by molar-refractivity contribution is -0.117. The van der Waals surface area contributed by atoms with Gasteiger partial charge >= 0.3 is 0 Å². The second-order valence-corrected chi connectivity index (χ2v) is 9.93. The quantitative estimate of drug-likeness (QED) is 0.390. The molecule has 0 atom stereocenters. The van der Waals surface area contributed by atoms with Gasteiger partial charge in [0, 0.05) is 86.2 Å². The van der Waals surface area contributed by atoms with E-state index in [2.05, 4.69) is 34.4 Å². The molecule has 1 aliphatic rings. The average Bonchev–Trinajstić information content (AvgIpc) is 3.44. The first kappa shape index (κ1) is 23.7. The molecule has 184 valence electrons. The summed E-state index contributed by atoms with van der Waals surface area (Å²) in [7, 11) is 5.52. The minimum atomic E-state index is -0.0752. The zero-order chi connectivity index (χ0) is 25.6. The molecule has 1 aromatic carbocycles. The lowest BCUT2D eigenvalue weighted by Gasteiger charge is -2.16. The second kappa shape index (κ2) is 9.22. The molecule has 1 fully saturated rings. The number of aryl methyl sites for hydroxylation is 1. The molecule has 7 nitrogen and oxygen atoms in total. The third-order valence-electron chi connectivity index (χ3n) is 6.88. The van der Waals surface area contributed by atoms with Crippen molar-refractivity contribution in [2.45, 2.75) is 32.6 Å². The molecule has 0 aliphatic carbocycles. The summed E-state index contributed by atoms with van der Waals surface area (Å²) in [5.41, 5.74) is 7.55. The zero-order valence-electron chi connectivity index (χ0n) is 21.4. The number of pyridine rings is 2. The van der Waals surface area contributed by atoms with Crippen molar-refractivity contribution in [3.05, 3.63) is 66.2 Å². The summed E-state index contributed by atoms with van der Waals surface area (Å²) in [6.07, 6.45) is 6.92. The highest BCUT2D eigenvalue weighted by molar-refractivity contribution is 6.02. The number of carbonyl (C=O) groups is 2. The Labute approximate surface area is 211 Å². The maximum Gasteiger partial charge on any atom is 0.254 e. The normalized spacial score (nSPS) is 13.7. The molecule has 4 aromatic rings. The standard InChI is InChI=1S/C29H31N5O2/c1-18(2)27-26(24-14-22(29(36)32(3)4)17-31-28(24)33(27)5)21-13-20(15-30-16-21)19-8-10-23(11-9-19)34-12-6-7-25(34)35/h8-11,13-18H,6-7,12H2,1-5H3. The van der Waals surface area contributed by atoms with Gasteiger partial charge in [-0.15, -0.1) is 0 Å². The van der Waals surface area contributed by atoms with Crippen molar-refractivity contribution < 1.29 is 9.59 Å².